The van der Waals surface area contributed by atoms with Crippen LogP contribution in [-0.2, 0) is 4.74 Å². The fourth-order valence-corrected chi connectivity index (χ4v) is 2.92. The van der Waals surface area contributed by atoms with Gasteiger partial charge in [0.2, 0.25) is 0 Å². The zero-order valence-corrected chi connectivity index (χ0v) is 6.05. The summed E-state index contributed by atoms with van der Waals surface area (Å²) in [6.45, 7) is 2.56. The third-order valence-corrected chi connectivity index (χ3v) is 3.37. The van der Waals surface area contributed by atoms with Gasteiger partial charge in [-0.2, -0.15) is 0 Å². The van der Waals surface area contributed by atoms with Gasteiger partial charge in [-0.3, -0.25) is 0 Å². The Bertz CT molecular complexity index is 156. The molecule has 0 aromatic heterocycles. The molecule has 0 aromatic carbocycles. The molecule has 3 nitrogen and oxygen atoms in total. The van der Waals surface area contributed by atoms with Crippen molar-refractivity contribution >= 4 is 0 Å². The molecule has 5 atom stereocenters. The van der Waals surface area contributed by atoms with Crippen LogP contribution in [0.2, 0.25) is 0 Å². The van der Waals surface area contributed by atoms with Crippen LogP contribution in [0.1, 0.15) is 6.42 Å². The summed E-state index contributed by atoms with van der Waals surface area (Å²) < 4.78 is 5.78. The average Bonchev–Trinajstić information content (AvgIpc) is 2.44. The molecule has 10 heavy (non-hydrogen) atoms. The predicted octanol–water partition coefficient (Wildman–Crippen LogP) is -2.96. The van der Waals surface area contributed by atoms with Gasteiger partial charge in [-0.15, -0.1) is 0 Å². The van der Waals surface area contributed by atoms with Gasteiger partial charge in [-0.05, 0) is 0 Å². The highest BCUT2D eigenvalue weighted by Gasteiger charge is 2.62. The highest BCUT2D eigenvalue weighted by atomic mass is 16.5. The first kappa shape index (κ1) is 5.52. The zero-order chi connectivity index (χ0) is 6.72. The molecular formula is C7H14N2O+2. The average molecular weight is 142 g/mol. The Balaban J connectivity index is 2.01. The first-order valence-electron chi connectivity index (χ1n) is 4.19. The molecule has 3 heterocycles. The number of hydrogen-bond donors (Lipinski definition) is 2. The second-order valence-electron chi connectivity index (χ2n) is 3.80. The van der Waals surface area contributed by atoms with Crippen LogP contribution in [0.3, 0.4) is 0 Å². The largest absolute Gasteiger partial charge is 0.356 e. The van der Waals surface area contributed by atoms with E-state index in [1.165, 1.54) is 19.5 Å². The van der Waals surface area contributed by atoms with Gasteiger partial charge in [-0.1, -0.05) is 0 Å². The molecule has 0 spiro atoms. The molecule has 0 aromatic rings. The SMILES string of the molecule is [NH3+][C@@H]1[C@@H]2[C@H]3CC[NH+]2C[C@@H]1O3. The molecule has 3 rings (SSSR count). The highest BCUT2D eigenvalue weighted by molar-refractivity contribution is 4.97. The summed E-state index contributed by atoms with van der Waals surface area (Å²) in [5.41, 5.74) is 4.16. The highest BCUT2D eigenvalue weighted by Crippen LogP contribution is 2.26. The van der Waals surface area contributed by atoms with Gasteiger partial charge < -0.3 is 15.4 Å². The van der Waals surface area contributed by atoms with Crippen LogP contribution in [0.25, 0.3) is 0 Å². The summed E-state index contributed by atoms with van der Waals surface area (Å²) in [5, 5.41) is 0. The van der Waals surface area contributed by atoms with E-state index in [1.807, 2.05) is 0 Å². The van der Waals surface area contributed by atoms with Gasteiger partial charge >= 0.3 is 0 Å². The summed E-state index contributed by atoms with van der Waals surface area (Å²) in [6.07, 6.45) is 2.37. The molecule has 0 saturated carbocycles. The van der Waals surface area contributed by atoms with Crippen molar-refractivity contribution in [3.8, 4) is 0 Å². The van der Waals surface area contributed by atoms with E-state index in [-0.39, 0.29) is 0 Å². The van der Waals surface area contributed by atoms with Crippen molar-refractivity contribution in [3.05, 3.63) is 0 Å². The fourth-order valence-electron chi connectivity index (χ4n) is 2.92. The van der Waals surface area contributed by atoms with Crippen LogP contribution in [0.5, 0.6) is 0 Å². The second kappa shape index (κ2) is 1.55. The standard InChI is InChI=1S/C7H12N2O/c8-6-5-3-9-2-1-4(10-5)7(6)9/h4-7H,1-3,8H2/p+2/t4-,5+,6+,7+/m1/s1. The molecule has 56 valence electrons. The molecule has 3 heteroatoms. The van der Waals surface area contributed by atoms with Gasteiger partial charge in [0.05, 0.1) is 6.54 Å². The van der Waals surface area contributed by atoms with Crippen molar-refractivity contribution in [1.82, 2.24) is 0 Å². The normalized spacial score (nSPS) is 63.9. The first-order valence-corrected chi connectivity index (χ1v) is 4.19. The quantitative estimate of drug-likeness (QED) is 0.373. The van der Waals surface area contributed by atoms with E-state index in [2.05, 4.69) is 5.73 Å². The third kappa shape index (κ3) is 0.447. The number of morpholine rings is 1. The van der Waals surface area contributed by atoms with E-state index in [1.54, 1.807) is 4.90 Å². The van der Waals surface area contributed by atoms with Crippen LogP contribution in [0, 0.1) is 0 Å². The number of nitrogens with one attached hydrogen (secondary N) is 1. The maximum atomic E-state index is 5.78. The summed E-state index contributed by atoms with van der Waals surface area (Å²) in [4.78, 5) is 1.77. The smallest absolute Gasteiger partial charge is 0.171 e. The molecule has 3 fully saturated rings. The number of quaternary nitrogens is 2. The lowest BCUT2D eigenvalue weighted by Gasteiger charge is -2.16. The Morgan fingerprint density at radius 2 is 2.30 bits per heavy atom. The lowest BCUT2D eigenvalue weighted by molar-refractivity contribution is -0.911. The summed E-state index contributed by atoms with van der Waals surface area (Å²) in [7, 11) is 0. The molecule has 3 aliphatic heterocycles. The van der Waals surface area contributed by atoms with Crippen molar-refractivity contribution in [2.24, 2.45) is 0 Å². The van der Waals surface area contributed by atoms with E-state index >= 15 is 0 Å². The maximum absolute atomic E-state index is 5.78. The summed E-state index contributed by atoms with van der Waals surface area (Å²) >= 11 is 0. The zero-order valence-electron chi connectivity index (χ0n) is 6.05. The van der Waals surface area contributed by atoms with E-state index in [9.17, 15) is 0 Å². The summed E-state index contributed by atoms with van der Waals surface area (Å²) in [6, 6.07) is 1.37. The Morgan fingerprint density at radius 3 is 2.90 bits per heavy atom. The molecule has 0 amide bonds. The second-order valence-corrected chi connectivity index (χ2v) is 3.80. The molecule has 1 unspecified atom stereocenters. The van der Waals surface area contributed by atoms with Crippen molar-refractivity contribution < 1.29 is 15.4 Å². The fraction of sp³-hybridized carbons (Fsp3) is 1.00. The van der Waals surface area contributed by atoms with Gasteiger partial charge in [0, 0.05) is 6.42 Å². The minimum absolute atomic E-state index is 0.507. The minimum Gasteiger partial charge on any atom is -0.356 e. The number of fused-ring (bicyclic) bond motifs is 1. The van der Waals surface area contributed by atoms with Gasteiger partial charge in [0.15, 0.2) is 18.2 Å². The Morgan fingerprint density at radius 1 is 1.40 bits per heavy atom. The Labute approximate surface area is 60.1 Å². The van der Waals surface area contributed by atoms with E-state index in [4.69, 9.17) is 4.74 Å². The lowest BCUT2D eigenvalue weighted by atomic mass is 10.1. The summed E-state index contributed by atoms with van der Waals surface area (Å²) in [5.74, 6) is 0. The van der Waals surface area contributed by atoms with Crippen molar-refractivity contribution in [2.45, 2.75) is 30.7 Å². The molecular weight excluding hydrogens is 128 g/mol. The molecule has 3 aliphatic rings. The van der Waals surface area contributed by atoms with E-state index in [0.717, 1.165) is 6.04 Å². The minimum atomic E-state index is 0.507. The topological polar surface area (TPSA) is 41.3 Å². The van der Waals surface area contributed by atoms with Gasteiger partial charge in [-0.25, -0.2) is 0 Å². The van der Waals surface area contributed by atoms with Gasteiger partial charge in [0.1, 0.15) is 12.6 Å². The molecule has 2 bridgehead atoms. The predicted molar refractivity (Wildman–Crippen MR) is 34.4 cm³/mol. The number of hydrogen-bond acceptors (Lipinski definition) is 1. The van der Waals surface area contributed by atoms with Crippen LogP contribution in [-0.4, -0.2) is 37.4 Å². The lowest BCUT2D eigenvalue weighted by Crippen LogP contribution is -3.14. The number of ether oxygens (including phenoxy) is 1. The van der Waals surface area contributed by atoms with Crippen molar-refractivity contribution in [2.75, 3.05) is 13.1 Å². The Kier molecular flexibility index (Phi) is 0.854. The maximum Gasteiger partial charge on any atom is 0.171 e. The van der Waals surface area contributed by atoms with Crippen molar-refractivity contribution in [1.29, 1.82) is 0 Å². The van der Waals surface area contributed by atoms with Crippen molar-refractivity contribution in [3.63, 3.8) is 0 Å². The Hall–Kier alpha value is -0.120. The van der Waals surface area contributed by atoms with E-state index in [0.29, 0.717) is 18.2 Å². The van der Waals surface area contributed by atoms with Crippen LogP contribution >= 0.6 is 0 Å². The van der Waals surface area contributed by atoms with Crippen LogP contribution < -0.4 is 10.6 Å². The third-order valence-electron chi connectivity index (χ3n) is 3.37. The van der Waals surface area contributed by atoms with Gasteiger partial charge in [0.25, 0.3) is 0 Å². The molecule has 4 N–H and O–H groups in total. The number of rotatable bonds is 0. The first-order chi connectivity index (χ1) is 4.86. The molecule has 0 aliphatic carbocycles. The van der Waals surface area contributed by atoms with Crippen LogP contribution in [0.4, 0.5) is 0 Å². The molecule has 0 radical (unpaired) electrons. The monoisotopic (exact) mass is 142 g/mol. The van der Waals surface area contributed by atoms with Crippen LogP contribution in [0.15, 0.2) is 0 Å². The molecule has 3 saturated heterocycles. The van der Waals surface area contributed by atoms with E-state index < -0.39 is 0 Å².